The van der Waals surface area contributed by atoms with Crippen LogP contribution in [0.1, 0.15) is 5.69 Å². The molecular weight excluding hydrogens is 458 g/mol. The standard InChI is InChI=1S/C18H21Cl2FN4O4S/c1-11-17(20)18(30(3,27)28)22-25(11)10-16(26)24-6-4-23(5-7-24)14-9-15(29-2)12(19)8-13(14)21/h8-9H,4-7,10H2,1-3H3. The second-order valence-electron chi connectivity index (χ2n) is 6.94. The van der Waals surface area contributed by atoms with Gasteiger partial charge in [-0.15, -0.1) is 0 Å². The molecule has 1 aromatic carbocycles. The van der Waals surface area contributed by atoms with Crippen molar-refractivity contribution < 1.29 is 22.3 Å². The maximum absolute atomic E-state index is 14.3. The smallest absolute Gasteiger partial charge is 0.244 e. The van der Waals surface area contributed by atoms with E-state index in [0.29, 0.717) is 43.3 Å². The maximum atomic E-state index is 14.3. The van der Waals surface area contributed by atoms with E-state index in [1.165, 1.54) is 23.9 Å². The molecule has 2 aromatic rings. The summed E-state index contributed by atoms with van der Waals surface area (Å²) < 4.78 is 44.3. The number of hydrogen-bond donors (Lipinski definition) is 0. The Labute approximate surface area is 184 Å². The normalized spacial score (nSPS) is 14.9. The molecule has 12 heteroatoms. The van der Waals surface area contributed by atoms with Crippen LogP contribution in [0.4, 0.5) is 10.1 Å². The molecule has 30 heavy (non-hydrogen) atoms. The predicted octanol–water partition coefficient (Wildman–Crippen LogP) is 2.40. The summed E-state index contributed by atoms with van der Waals surface area (Å²) in [4.78, 5) is 16.1. The van der Waals surface area contributed by atoms with Gasteiger partial charge in [0.1, 0.15) is 23.1 Å². The molecule has 1 aliphatic heterocycles. The van der Waals surface area contributed by atoms with E-state index in [1.54, 1.807) is 11.8 Å². The number of nitrogens with zero attached hydrogens (tertiary/aromatic N) is 4. The molecule has 0 unspecified atom stereocenters. The lowest BCUT2D eigenvalue weighted by molar-refractivity contribution is -0.132. The van der Waals surface area contributed by atoms with E-state index in [2.05, 4.69) is 5.10 Å². The van der Waals surface area contributed by atoms with Crippen LogP contribution in [0, 0.1) is 12.7 Å². The third-order valence-corrected chi connectivity index (χ3v) is 6.78. The zero-order valence-corrected chi connectivity index (χ0v) is 19.0. The Kier molecular flexibility index (Phi) is 6.49. The highest BCUT2D eigenvalue weighted by Gasteiger charge is 2.26. The first-order chi connectivity index (χ1) is 14.0. The Morgan fingerprint density at radius 2 is 1.87 bits per heavy atom. The molecule has 0 N–H and O–H groups in total. The molecule has 1 saturated heterocycles. The van der Waals surface area contributed by atoms with E-state index in [-0.39, 0.29) is 27.5 Å². The average molecular weight is 479 g/mol. The van der Waals surface area contributed by atoms with Gasteiger partial charge < -0.3 is 14.5 Å². The first-order valence-electron chi connectivity index (χ1n) is 9.01. The minimum absolute atomic E-state index is 0.0160. The van der Waals surface area contributed by atoms with E-state index in [9.17, 15) is 17.6 Å². The van der Waals surface area contributed by atoms with Crippen LogP contribution in [0.5, 0.6) is 5.75 Å². The maximum Gasteiger partial charge on any atom is 0.244 e. The number of aromatic nitrogens is 2. The van der Waals surface area contributed by atoms with Crippen molar-refractivity contribution in [1.82, 2.24) is 14.7 Å². The van der Waals surface area contributed by atoms with Gasteiger partial charge in [0.2, 0.25) is 5.91 Å². The van der Waals surface area contributed by atoms with Crippen LogP contribution in [0.25, 0.3) is 0 Å². The summed E-state index contributed by atoms with van der Waals surface area (Å²) >= 11 is 12.0. The first-order valence-corrected chi connectivity index (χ1v) is 11.7. The summed E-state index contributed by atoms with van der Waals surface area (Å²) in [7, 11) is -2.14. The number of anilines is 1. The molecular formula is C18H21Cl2FN4O4S. The number of rotatable bonds is 5. The number of piperazine rings is 1. The largest absolute Gasteiger partial charge is 0.495 e. The highest BCUT2D eigenvalue weighted by molar-refractivity contribution is 7.90. The van der Waals surface area contributed by atoms with Crippen molar-refractivity contribution >= 4 is 44.6 Å². The molecule has 1 amide bonds. The van der Waals surface area contributed by atoms with Crippen molar-refractivity contribution in [3.05, 3.63) is 33.7 Å². The third-order valence-electron chi connectivity index (χ3n) is 4.93. The fraction of sp³-hybridized carbons (Fsp3) is 0.444. The number of carbonyl (C=O) groups is 1. The van der Waals surface area contributed by atoms with Gasteiger partial charge in [-0.2, -0.15) is 5.10 Å². The molecule has 0 spiro atoms. The van der Waals surface area contributed by atoms with Gasteiger partial charge in [-0.25, -0.2) is 12.8 Å². The predicted molar refractivity (Wildman–Crippen MR) is 112 cm³/mol. The molecule has 0 radical (unpaired) electrons. The summed E-state index contributed by atoms with van der Waals surface area (Å²) in [6.07, 6.45) is 1.01. The van der Waals surface area contributed by atoms with Crippen LogP contribution in [-0.4, -0.2) is 68.5 Å². The van der Waals surface area contributed by atoms with Crippen molar-refractivity contribution in [2.45, 2.75) is 18.5 Å². The number of halogens is 3. The summed E-state index contributed by atoms with van der Waals surface area (Å²) in [5.41, 5.74) is 0.759. The molecule has 164 valence electrons. The fourth-order valence-electron chi connectivity index (χ4n) is 3.23. The van der Waals surface area contributed by atoms with Crippen molar-refractivity contribution in [2.75, 3.05) is 44.4 Å². The molecule has 0 atom stereocenters. The molecule has 2 heterocycles. The van der Waals surface area contributed by atoms with Crippen LogP contribution >= 0.6 is 23.2 Å². The van der Waals surface area contributed by atoms with E-state index in [0.717, 1.165) is 6.26 Å². The second-order valence-corrected chi connectivity index (χ2v) is 9.66. The molecule has 1 aromatic heterocycles. The first kappa shape index (κ1) is 22.6. The zero-order valence-electron chi connectivity index (χ0n) is 16.7. The van der Waals surface area contributed by atoms with E-state index < -0.39 is 15.7 Å². The molecule has 1 fully saturated rings. The molecule has 3 rings (SSSR count). The van der Waals surface area contributed by atoms with Crippen LogP contribution in [-0.2, 0) is 21.2 Å². The van der Waals surface area contributed by atoms with Gasteiger partial charge >= 0.3 is 0 Å². The number of amides is 1. The van der Waals surface area contributed by atoms with Gasteiger partial charge in [-0.3, -0.25) is 9.48 Å². The van der Waals surface area contributed by atoms with Crippen molar-refractivity contribution in [1.29, 1.82) is 0 Å². The third kappa shape index (κ3) is 4.50. The van der Waals surface area contributed by atoms with Crippen LogP contribution < -0.4 is 9.64 Å². The van der Waals surface area contributed by atoms with Gasteiger partial charge in [-0.05, 0) is 13.0 Å². The van der Waals surface area contributed by atoms with Crippen LogP contribution in [0.2, 0.25) is 10.0 Å². The van der Waals surface area contributed by atoms with E-state index in [4.69, 9.17) is 27.9 Å². The Hall–Kier alpha value is -2.04. The van der Waals surface area contributed by atoms with Crippen molar-refractivity contribution in [3.8, 4) is 5.75 Å². The van der Waals surface area contributed by atoms with Gasteiger partial charge in [0, 0.05) is 38.5 Å². The zero-order chi connectivity index (χ0) is 22.2. The molecule has 0 aliphatic carbocycles. The summed E-state index contributed by atoms with van der Waals surface area (Å²) in [6, 6.07) is 2.74. The highest BCUT2D eigenvalue weighted by Crippen LogP contribution is 2.32. The Balaban J connectivity index is 1.68. The number of carbonyl (C=O) groups excluding carboxylic acids is 1. The minimum Gasteiger partial charge on any atom is -0.495 e. The van der Waals surface area contributed by atoms with Gasteiger partial charge in [0.15, 0.2) is 14.9 Å². The summed E-state index contributed by atoms with van der Waals surface area (Å²) in [5.74, 6) is -0.318. The van der Waals surface area contributed by atoms with Gasteiger partial charge in [-0.1, -0.05) is 23.2 Å². The molecule has 8 nitrogen and oxygen atoms in total. The van der Waals surface area contributed by atoms with E-state index in [1.807, 2.05) is 4.90 Å². The topological polar surface area (TPSA) is 84.7 Å². The number of hydrogen-bond acceptors (Lipinski definition) is 6. The molecule has 1 aliphatic rings. The fourth-order valence-corrected chi connectivity index (χ4v) is 4.73. The lowest BCUT2D eigenvalue weighted by atomic mass is 10.2. The second kappa shape index (κ2) is 8.60. The lowest BCUT2D eigenvalue weighted by Gasteiger charge is -2.36. The number of benzene rings is 1. The molecule has 0 saturated carbocycles. The highest BCUT2D eigenvalue weighted by atomic mass is 35.5. The van der Waals surface area contributed by atoms with Gasteiger partial charge in [0.05, 0.1) is 23.5 Å². The Bertz CT molecular complexity index is 1080. The number of methoxy groups -OCH3 is 1. The van der Waals surface area contributed by atoms with Crippen LogP contribution in [0.3, 0.4) is 0 Å². The quantitative estimate of drug-likeness (QED) is 0.655. The SMILES string of the molecule is COc1cc(N2CCN(C(=O)Cn3nc(S(C)(=O)=O)c(Cl)c3C)CC2)c(F)cc1Cl. The Morgan fingerprint density at radius 1 is 1.23 bits per heavy atom. The van der Waals surface area contributed by atoms with E-state index >= 15 is 0 Å². The number of sulfone groups is 1. The average Bonchev–Trinajstić information content (AvgIpc) is 2.97. The van der Waals surface area contributed by atoms with Crippen molar-refractivity contribution in [2.24, 2.45) is 0 Å². The van der Waals surface area contributed by atoms with Gasteiger partial charge in [0.25, 0.3) is 0 Å². The summed E-state index contributed by atoms with van der Waals surface area (Å²) in [5, 5.41) is 3.94. The monoisotopic (exact) mass is 478 g/mol. The van der Waals surface area contributed by atoms with Crippen LogP contribution in [0.15, 0.2) is 17.2 Å². The van der Waals surface area contributed by atoms with Crippen molar-refractivity contribution in [3.63, 3.8) is 0 Å². The molecule has 0 bridgehead atoms. The summed E-state index contributed by atoms with van der Waals surface area (Å²) in [6.45, 7) is 3.05. The Morgan fingerprint density at radius 3 is 2.40 bits per heavy atom. The lowest BCUT2D eigenvalue weighted by Crippen LogP contribution is -2.50. The minimum atomic E-state index is -3.60. The number of ether oxygens (including phenoxy) is 1.